The molecule has 2 heteroatoms. The highest BCUT2D eigenvalue weighted by Crippen LogP contribution is 2.33. The standard InChI is InChI=1S/C17H30N2/c1-4-10-15(5-2)19-14-17(11-8-7-9-12-17)18-13-16(19)6-3/h2,15-16,18H,4,6-14H2,1,3H3. The number of hydrogen-bond acceptors (Lipinski definition) is 2. The van der Waals surface area contributed by atoms with E-state index in [4.69, 9.17) is 6.42 Å². The number of nitrogens with zero attached hydrogens (tertiary/aromatic N) is 1. The van der Waals surface area contributed by atoms with Crippen LogP contribution in [0.3, 0.4) is 0 Å². The molecule has 0 aromatic heterocycles. The first-order chi connectivity index (χ1) is 9.24. The van der Waals surface area contributed by atoms with Crippen molar-refractivity contribution in [2.75, 3.05) is 13.1 Å². The first-order valence-electron chi connectivity index (χ1n) is 8.21. The lowest BCUT2D eigenvalue weighted by molar-refractivity contribution is 0.0356. The molecule has 2 nitrogen and oxygen atoms in total. The van der Waals surface area contributed by atoms with Gasteiger partial charge in [-0.1, -0.05) is 45.5 Å². The molecule has 2 atom stereocenters. The molecular formula is C17H30N2. The minimum absolute atomic E-state index is 0.343. The summed E-state index contributed by atoms with van der Waals surface area (Å²) in [5.41, 5.74) is 0.368. The Labute approximate surface area is 119 Å². The Bertz CT molecular complexity index is 312. The quantitative estimate of drug-likeness (QED) is 0.783. The summed E-state index contributed by atoms with van der Waals surface area (Å²) in [7, 11) is 0. The third kappa shape index (κ3) is 3.33. The molecule has 0 aromatic rings. The van der Waals surface area contributed by atoms with Gasteiger partial charge < -0.3 is 5.32 Å². The van der Waals surface area contributed by atoms with Crippen LogP contribution in [0.1, 0.15) is 65.2 Å². The van der Waals surface area contributed by atoms with Gasteiger partial charge in [-0.25, -0.2) is 0 Å². The molecule has 1 N–H and O–H groups in total. The van der Waals surface area contributed by atoms with E-state index in [1.165, 1.54) is 51.5 Å². The van der Waals surface area contributed by atoms with E-state index < -0.39 is 0 Å². The Morgan fingerprint density at radius 1 is 1.32 bits per heavy atom. The van der Waals surface area contributed by atoms with Crippen LogP contribution in [0.2, 0.25) is 0 Å². The molecule has 2 fully saturated rings. The maximum atomic E-state index is 5.81. The van der Waals surface area contributed by atoms with E-state index in [1.807, 2.05) is 0 Å². The molecule has 1 aliphatic heterocycles. The van der Waals surface area contributed by atoms with Gasteiger partial charge in [-0.05, 0) is 25.7 Å². The SMILES string of the molecule is C#CC(CCC)N1CC2(CCCCC2)NCC1CC. The maximum absolute atomic E-state index is 5.81. The van der Waals surface area contributed by atoms with Crippen molar-refractivity contribution in [3.05, 3.63) is 0 Å². The van der Waals surface area contributed by atoms with E-state index in [1.54, 1.807) is 0 Å². The van der Waals surface area contributed by atoms with Crippen LogP contribution in [0, 0.1) is 12.3 Å². The molecule has 0 aromatic carbocycles. The highest BCUT2D eigenvalue weighted by molar-refractivity contribution is 5.07. The molecule has 1 saturated carbocycles. The molecule has 0 bridgehead atoms. The fourth-order valence-corrected chi connectivity index (χ4v) is 3.91. The van der Waals surface area contributed by atoms with Gasteiger partial charge in [-0.3, -0.25) is 4.90 Å². The number of rotatable bonds is 4. The van der Waals surface area contributed by atoms with Gasteiger partial charge in [0.1, 0.15) is 0 Å². The average Bonchev–Trinajstić information content (AvgIpc) is 2.45. The summed E-state index contributed by atoms with van der Waals surface area (Å²) in [6.45, 7) is 6.82. The van der Waals surface area contributed by atoms with Crippen LogP contribution in [-0.2, 0) is 0 Å². The van der Waals surface area contributed by atoms with Crippen molar-refractivity contribution in [1.29, 1.82) is 0 Å². The highest BCUT2D eigenvalue weighted by Gasteiger charge is 2.41. The summed E-state index contributed by atoms with van der Waals surface area (Å²) in [6.07, 6.45) is 16.2. The van der Waals surface area contributed by atoms with Crippen LogP contribution in [0.15, 0.2) is 0 Å². The second-order valence-corrected chi connectivity index (χ2v) is 6.43. The average molecular weight is 262 g/mol. The van der Waals surface area contributed by atoms with E-state index in [2.05, 4.69) is 30.0 Å². The summed E-state index contributed by atoms with van der Waals surface area (Å²) in [6, 6.07) is 0.969. The van der Waals surface area contributed by atoms with Crippen molar-refractivity contribution >= 4 is 0 Å². The van der Waals surface area contributed by atoms with Crippen molar-refractivity contribution in [2.24, 2.45) is 0 Å². The van der Waals surface area contributed by atoms with Crippen molar-refractivity contribution in [3.63, 3.8) is 0 Å². The molecule has 1 aliphatic carbocycles. The fourth-order valence-electron chi connectivity index (χ4n) is 3.91. The van der Waals surface area contributed by atoms with Gasteiger partial charge in [0, 0.05) is 24.7 Å². The van der Waals surface area contributed by atoms with Crippen LogP contribution in [0.25, 0.3) is 0 Å². The van der Waals surface area contributed by atoms with Crippen molar-refractivity contribution in [2.45, 2.75) is 82.8 Å². The zero-order chi connectivity index (χ0) is 13.7. The Morgan fingerprint density at radius 2 is 2.05 bits per heavy atom. The van der Waals surface area contributed by atoms with Crippen LogP contribution in [-0.4, -0.2) is 35.6 Å². The van der Waals surface area contributed by atoms with Gasteiger partial charge in [0.2, 0.25) is 0 Å². The topological polar surface area (TPSA) is 15.3 Å². The zero-order valence-electron chi connectivity index (χ0n) is 12.8. The van der Waals surface area contributed by atoms with E-state index in [0.29, 0.717) is 17.6 Å². The summed E-state index contributed by atoms with van der Waals surface area (Å²) in [4.78, 5) is 2.64. The predicted molar refractivity (Wildman–Crippen MR) is 82.1 cm³/mol. The van der Waals surface area contributed by atoms with Crippen LogP contribution >= 0.6 is 0 Å². The van der Waals surface area contributed by atoms with Gasteiger partial charge in [-0.15, -0.1) is 6.42 Å². The van der Waals surface area contributed by atoms with Gasteiger partial charge >= 0.3 is 0 Å². The van der Waals surface area contributed by atoms with E-state index in [0.717, 1.165) is 13.0 Å². The lowest BCUT2D eigenvalue weighted by Gasteiger charge is -2.51. The fraction of sp³-hybridized carbons (Fsp3) is 0.882. The monoisotopic (exact) mass is 262 g/mol. The van der Waals surface area contributed by atoms with Crippen molar-refractivity contribution < 1.29 is 0 Å². The second-order valence-electron chi connectivity index (χ2n) is 6.43. The molecule has 0 radical (unpaired) electrons. The largest absolute Gasteiger partial charge is 0.308 e. The van der Waals surface area contributed by atoms with Crippen molar-refractivity contribution in [3.8, 4) is 12.3 Å². The summed E-state index contributed by atoms with van der Waals surface area (Å²) in [5, 5.41) is 3.88. The lowest BCUT2D eigenvalue weighted by Crippen LogP contribution is -2.66. The molecule has 2 unspecified atom stereocenters. The molecule has 0 amide bonds. The molecule has 1 heterocycles. The zero-order valence-corrected chi connectivity index (χ0v) is 12.8. The van der Waals surface area contributed by atoms with E-state index in [9.17, 15) is 0 Å². The molecular weight excluding hydrogens is 232 g/mol. The van der Waals surface area contributed by atoms with Gasteiger partial charge in [-0.2, -0.15) is 0 Å². The predicted octanol–water partition coefficient (Wildman–Crippen LogP) is 3.18. The molecule has 2 rings (SSSR count). The highest BCUT2D eigenvalue weighted by atomic mass is 15.3. The Morgan fingerprint density at radius 3 is 2.63 bits per heavy atom. The van der Waals surface area contributed by atoms with Crippen LogP contribution in [0.5, 0.6) is 0 Å². The van der Waals surface area contributed by atoms with E-state index >= 15 is 0 Å². The van der Waals surface area contributed by atoms with E-state index in [-0.39, 0.29) is 0 Å². The van der Waals surface area contributed by atoms with Gasteiger partial charge in [0.25, 0.3) is 0 Å². The lowest BCUT2D eigenvalue weighted by atomic mass is 9.78. The number of hydrogen-bond donors (Lipinski definition) is 1. The number of nitrogens with one attached hydrogen (secondary N) is 1. The molecule has 1 saturated heterocycles. The molecule has 2 aliphatic rings. The normalized spacial score (nSPS) is 29.0. The molecule has 19 heavy (non-hydrogen) atoms. The minimum Gasteiger partial charge on any atom is -0.308 e. The summed E-state index contributed by atoms with van der Waals surface area (Å²) < 4.78 is 0. The Kier molecular flexibility index (Phi) is 5.30. The third-order valence-corrected chi connectivity index (χ3v) is 5.10. The Hall–Kier alpha value is -0.520. The Balaban J connectivity index is 2.09. The number of terminal acetylenes is 1. The number of piperazine rings is 1. The van der Waals surface area contributed by atoms with Gasteiger partial charge in [0.05, 0.1) is 6.04 Å². The van der Waals surface area contributed by atoms with Crippen molar-refractivity contribution in [1.82, 2.24) is 10.2 Å². The third-order valence-electron chi connectivity index (χ3n) is 5.10. The van der Waals surface area contributed by atoms with Crippen LogP contribution in [0.4, 0.5) is 0 Å². The first kappa shape index (κ1) is 14.9. The summed E-state index contributed by atoms with van der Waals surface area (Å²) >= 11 is 0. The summed E-state index contributed by atoms with van der Waals surface area (Å²) in [5.74, 6) is 3.06. The van der Waals surface area contributed by atoms with Crippen LogP contribution < -0.4 is 5.32 Å². The molecule has 1 spiro atoms. The minimum atomic E-state index is 0.343. The molecule has 108 valence electrons. The maximum Gasteiger partial charge on any atom is 0.0715 e. The smallest absolute Gasteiger partial charge is 0.0715 e. The second kappa shape index (κ2) is 6.77. The first-order valence-corrected chi connectivity index (χ1v) is 8.21. The van der Waals surface area contributed by atoms with Gasteiger partial charge in [0.15, 0.2) is 0 Å².